The normalized spacial score (nSPS) is 14.4. The first-order valence-corrected chi connectivity index (χ1v) is 9.24. The van der Waals surface area contributed by atoms with Gasteiger partial charge < -0.3 is 20.3 Å². The van der Waals surface area contributed by atoms with Gasteiger partial charge >= 0.3 is 6.03 Å². The number of carbonyl (C=O) groups excluding carboxylic acids is 1. The van der Waals surface area contributed by atoms with Gasteiger partial charge in [0.05, 0.1) is 7.11 Å². The second-order valence-corrected chi connectivity index (χ2v) is 6.58. The van der Waals surface area contributed by atoms with Gasteiger partial charge in [0.25, 0.3) is 0 Å². The van der Waals surface area contributed by atoms with E-state index in [-0.39, 0.29) is 5.75 Å². The number of aromatic nitrogens is 1. The van der Waals surface area contributed by atoms with Gasteiger partial charge in [-0.2, -0.15) is 0 Å². The summed E-state index contributed by atoms with van der Waals surface area (Å²) in [6, 6.07) is 7.83. The average Bonchev–Trinajstić information content (AvgIpc) is 2.96. The first-order valence-electron chi connectivity index (χ1n) is 9.24. The summed E-state index contributed by atoms with van der Waals surface area (Å²) < 4.78 is 18.5. The van der Waals surface area contributed by atoms with Gasteiger partial charge in [-0.25, -0.2) is 14.2 Å². The zero-order valence-corrected chi connectivity index (χ0v) is 15.5. The van der Waals surface area contributed by atoms with Gasteiger partial charge in [-0.05, 0) is 36.6 Å². The largest absolute Gasteiger partial charge is 0.494 e. The van der Waals surface area contributed by atoms with Crippen molar-refractivity contribution in [2.45, 2.75) is 32.2 Å². The fraction of sp³-hybridized carbons (Fsp3) is 0.400. The molecule has 2 amide bonds. The minimum Gasteiger partial charge on any atom is -0.494 e. The maximum atomic E-state index is 13.7. The van der Waals surface area contributed by atoms with E-state index in [9.17, 15) is 9.18 Å². The van der Waals surface area contributed by atoms with E-state index in [4.69, 9.17) is 4.74 Å². The fourth-order valence-electron chi connectivity index (χ4n) is 3.11. The molecule has 1 aliphatic heterocycles. The van der Waals surface area contributed by atoms with Crippen LogP contribution in [0.3, 0.4) is 0 Å². The topological polar surface area (TPSA) is 66.5 Å². The van der Waals surface area contributed by atoms with E-state index >= 15 is 0 Å². The molecule has 0 bridgehead atoms. The van der Waals surface area contributed by atoms with Crippen LogP contribution in [0.5, 0.6) is 5.75 Å². The predicted octanol–water partition coefficient (Wildman–Crippen LogP) is 3.93. The molecule has 1 aromatic heterocycles. The number of nitrogens with zero attached hydrogens (tertiary/aromatic N) is 2. The molecule has 2 N–H and O–H groups in total. The Balaban J connectivity index is 1.50. The summed E-state index contributed by atoms with van der Waals surface area (Å²) in [5.74, 6) is 0.596. The van der Waals surface area contributed by atoms with E-state index in [2.05, 4.69) is 20.5 Å². The monoisotopic (exact) mass is 372 g/mol. The number of hydrogen-bond acceptors (Lipinski definition) is 4. The van der Waals surface area contributed by atoms with E-state index in [1.54, 1.807) is 12.3 Å². The van der Waals surface area contributed by atoms with Crippen molar-refractivity contribution in [2.24, 2.45) is 0 Å². The fourth-order valence-corrected chi connectivity index (χ4v) is 3.11. The summed E-state index contributed by atoms with van der Waals surface area (Å²) in [5.41, 5.74) is 1.27. The SMILES string of the molecule is COc1ccc(NC(=O)NCc2ccc(N3CCCCCC3)nc2)cc1F. The van der Waals surface area contributed by atoms with Crippen molar-refractivity contribution in [2.75, 3.05) is 30.4 Å². The van der Waals surface area contributed by atoms with Crippen LogP contribution in [-0.4, -0.2) is 31.2 Å². The number of halogens is 1. The van der Waals surface area contributed by atoms with Gasteiger partial charge in [0.2, 0.25) is 0 Å². The van der Waals surface area contributed by atoms with Gasteiger partial charge in [0.1, 0.15) is 5.82 Å². The summed E-state index contributed by atoms with van der Waals surface area (Å²) in [5, 5.41) is 5.35. The first-order chi connectivity index (χ1) is 13.2. The molecule has 0 saturated carbocycles. The van der Waals surface area contributed by atoms with Crippen LogP contribution in [0.4, 0.5) is 20.7 Å². The first kappa shape index (κ1) is 18.9. The van der Waals surface area contributed by atoms with E-state index in [0.29, 0.717) is 12.2 Å². The molecular weight excluding hydrogens is 347 g/mol. The van der Waals surface area contributed by atoms with Crippen LogP contribution in [0.25, 0.3) is 0 Å². The lowest BCUT2D eigenvalue weighted by atomic mass is 10.2. The Labute approximate surface area is 158 Å². The Hall–Kier alpha value is -2.83. The lowest BCUT2D eigenvalue weighted by Gasteiger charge is -2.21. The summed E-state index contributed by atoms with van der Waals surface area (Å²) in [7, 11) is 1.39. The van der Waals surface area contributed by atoms with Crippen molar-refractivity contribution in [1.29, 1.82) is 0 Å². The van der Waals surface area contributed by atoms with Crippen LogP contribution in [0.15, 0.2) is 36.5 Å². The molecule has 0 atom stereocenters. The molecule has 3 rings (SSSR count). The van der Waals surface area contributed by atoms with Crippen LogP contribution in [0, 0.1) is 5.82 Å². The maximum absolute atomic E-state index is 13.7. The Kier molecular flexibility index (Phi) is 6.46. The second-order valence-electron chi connectivity index (χ2n) is 6.58. The van der Waals surface area contributed by atoms with Crippen molar-refractivity contribution < 1.29 is 13.9 Å². The van der Waals surface area contributed by atoms with Crippen LogP contribution in [0.2, 0.25) is 0 Å². The summed E-state index contributed by atoms with van der Waals surface area (Å²) >= 11 is 0. The van der Waals surface area contributed by atoms with E-state index in [1.165, 1.54) is 44.9 Å². The van der Waals surface area contributed by atoms with Crippen LogP contribution in [0.1, 0.15) is 31.2 Å². The van der Waals surface area contributed by atoms with Crippen molar-refractivity contribution in [3.05, 3.63) is 47.9 Å². The van der Waals surface area contributed by atoms with Gasteiger partial charge in [0, 0.05) is 37.6 Å². The summed E-state index contributed by atoms with van der Waals surface area (Å²) in [6.45, 7) is 2.44. The molecule has 0 unspecified atom stereocenters. The number of urea groups is 1. The Morgan fingerprint density at radius 2 is 1.96 bits per heavy atom. The van der Waals surface area contributed by atoms with Crippen molar-refractivity contribution in [3.8, 4) is 5.75 Å². The number of ether oxygens (including phenoxy) is 1. The Morgan fingerprint density at radius 1 is 1.19 bits per heavy atom. The molecule has 2 aromatic rings. The molecule has 7 heteroatoms. The zero-order chi connectivity index (χ0) is 19.1. The maximum Gasteiger partial charge on any atom is 0.319 e. The van der Waals surface area contributed by atoms with Gasteiger partial charge in [-0.3, -0.25) is 0 Å². The smallest absolute Gasteiger partial charge is 0.319 e. The molecule has 2 heterocycles. The van der Waals surface area contributed by atoms with E-state index in [1.807, 2.05) is 12.1 Å². The molecular formula is C20H25FN4O2. The predicted molar refractivity (Wildman–Crippen MR) is 104 cm³/mol. The molecule has 1 fully saturated rings. The van der Waals surface area contributed by atoms with Crippen molar-refractivity contribution in [3.63, 3.8) is 0 Å². The standard InChI is InChI=1S/C20H25FN4O2/c1-27-18-8-7-16(12-17(18)21)24-20(26)23-14-15-6-9-19(22-13-15)25-10-4-2-3-5-11-25/h6-9,12-13H,2-5,10-11,14H2,1H3,(H2,23,24,26). The number of rotatable bonds is 5. The Morgan fingerprint density at radius 3 is 2.59 bits per heavy atom. The highest BCUT2D eigenvalue weighted by molar-refractivity contribution is 5.89. The number of pyridine rings is 1. The number of hydrogen-bond donors (Lipinski definition) is 2. The summed E-state index contributed by atoms with van der Waals surface area (Å²) in [4.78, 5) is 18.8. The third-order valence-corrected chi connectivity index (χ3v) is 4.60. The lowest BCUT2D eigenvalue weighted by molar-refractivity contribution is 0.251. The van der Waals surface area contributed by atoms with Crippen LogP contribution < -0.4 is 20.3 Å². The summed E-state index contributed by atoms with van der Waals surface area (Å²) in [6.07, 6.45) is 6.76. The van der Waals surface area contributed by atoms with E-state index < -0.39 is 11.8 Å². The molecule has 1 aliphatic rings. The number of anilines is 2. The number of carbonyl (C=O) groups is 1. The minimum atomic E-state index is -0.524. The average molecular weight is 372 g/mol. The third kappa shape index (κ3) is 5.32. The highest BCUT2D eigenvalue weighted by Crippen LogP contribution is 2.20. The van der Waals surface area contributed by atoms with Gasteiger partial charge in [-0.15, -0.1) is 0 Å². The molecule has 0 radical (unpaired) electrons. The number of benzene rings is 1. The minimum absolute atomic E-state index is 0.136. The molecule has 0 aliphatic carbocycles. The molecule has 144 valence electrons. The molecule has 1 saturated heterocycles. The molecule has 0 spiro atoms. The number of nitrogens with one attached hydrogen (secondary N) is 2. The third-order valence-electron chi connectivity index (χ3n) is 4.60. The molecule has 1 aromatic carbocycles. The van der Waals surface area contributed by atoms with Crippen molar-refractivity contribution in [1.82, 2.24) is 10.3 Å². The number of amides is 2. The van der Waals surface area contributed by atoms with Crippen molar-refractivity contribution >= 4 is 17.5 Å². The molecule has 6 nitrogen and oxygen atoms in total. The zero-order valence-electron chi connectivity index (χ0n) is 15.5. The second kappa shape index (κ2) is 9.21. The van der Waals surface area contributed by atoms with Gasteiger partial charge in [0.15, 0.2) is 11.6 Å². The van der Waals surface area contributed by atoms with Crippen LogP contribution >= 0.6 is 0 Å². The molecule has 27 heavy (non-hydrogen) atoms. The number of methoxy groups -OCH3 is 1. The van der Waals surface area contributed by atoms with Crippen LogP contribution in [-0.2, 0) is 6.54 Å². The Bertz CT molecular complexity index is 759. The quantitative estimate of drug-likeness (QED) is 0.835. The highest BCUT2D eigenvalue weighted by Gasteiger charge is 2.11. The van der Waals surface area contributed by atoms with E-state index in [0.717, 1.165) is 24.5 Å². The lowest BCUT2D eigenvalue weighted by Crippen LogP contribution is -2.28. The van der Waals surface area contributed by atoms with Gasteiger partial charge in [-0.1, -0.05) is 18.9 Å². The highest BCUT2D eigenvalue weighted by atomic mass is 19.1.